The Morgan fingerprint density at radius 3 is 2.35 bits per heavy atom. The van der Waals surface area contributed by atoms with Crippen molar-refractivity contribution in [2.75, 3.05) is 0 Å². The molecule has 1 aromatic rings. The third kappa shape index (κ3) is 4.52. The number of ketones is 1. The predicted octanol–water partition coefficient (Wildman–Crippen LogP) is 2.30. The van der Waals surface area contributed by atoms with Crippen molar-refractivity contribution in [3.8, 4) is 11.8 Å². The van der Waals surface area contributed by atoms with Crippen LogP contribution >= 0.6 is 0 Å². The van der Waals surface area contributed by atoms with Crippen molar-refractivity contribution in [2.24, 2.45) is 0 Å². The number of hydrogen-bond acceptors (Lipinski definition) is 2. The van der Waals surface area contributed by atoms with Crippen LogP contribution < -0.4 is 0 Å². The van der Waals surface area contributed by atoms with Crippen LogP contribution in [0, 0.1) is 11.8 Å². The van der Waals surface area contributed by atoms with Crippen LogP contribution in [0.4, 0.5) is 0 Å². The molecule has 0 bridgehead atoms. The molecule has 0 heterocycles. The number of benzene rings is 1. The first-order valence-corrected chi connectivity index (χ1v) is 5.51. The number of unbranched alkanes of at least 4 members (excludes halogenated alkanes) is 1. The van der Waals surface area contributed by atoms with Gasteiger partial charge < -0.3 is 5.11 Å². The number of carbonyl (C=O) groups excluding carboxylic acids is 1. The molecular weight excluding hydrogens is 216 g/mol. The van der Waals surface area contributed by atoms with Gasteiger partial charge in [0.05, 0.1) is 0 Å². The van der Waals surface area contributed by atoms with Crippen LogP contribution in [-0.2, 0) is 11.2 Å². The molecule has 1 N–H and O–H groups in total. The number of carbonyl (C=O) groups is 2. The SMILES string of the molecule is CCCCc1ccc(C(=O)C#CC(=O)O)cc1. The van der Waals surface area contributed by atoms with E-state index in [4.69, 9.17) is 5.11 Å². The molecule has 0 aromatic heterocycles. The van der Waals surface area contributed by atoms with E-state index in [9.17, 15) is 9.59 Å². The molecule has 0 aliphatic carbocycles. The summed E-state index contributed by atoms with van der Waals surface area (Å²) in [7, 11) is 0. The summed E-state index contributed by atoms with van der Waals surface area (Å²) in [6, 6.07) is 7.13. The molecule has 88 valence electrons. The minimum absolute atomic E-state index is 0.430. The van der Waals surface area contributed by atoms with E-state index < -0.39 is 11.8 Å². The van der Waals surface area contributed by atoms with E-state index in [-0.39, 0.29) is 0 Å². The third-order valence-corrected chi connectivity index (χ3v) is 2.32. The Kier molecular flexibility index (Phi) is 4.96. The van der Waals surface area contributed by atoms with Crippen LogP contribution in [0.1, 0.15) is 35.7 Å². The van der Waals surface area contributed by atoms with Gasteiger partial charge in [-0.15, -0.1) is 0 Å². The normalized spacial score (nSPS) is 9.24. The zero-order valence-electron chi connectivity index (χ0n) is 9.69. The fraction of sp³-hybridized carbons (Fsp3) is 0.286. The lowest BCUT2D eigenvalue weighted by Crippen LogP contribution is -1.97. The Bertz CT molecular complexity index is 460. The molecular formula is C14H14O3. The van der Waals surface area contributed by atoms with Crippen molar-refractivity contribution in [2.45, 2.75) is 26.2 Å². The van der Waals surface area contributed by atoms with Gasteiger partial charge in [-0.3, -0.25) is 4.79 Å². The maximum absolute atomic E-state index is 11.4. The minimum atomic E-state index is -1.29. The van der Waals surface area contributed by atoms with E-state index in [1.807, 2.05) is 18.1 Å². The standard InChI is InChI=1S/C14H14O3/c1-2-3-4-11-5-7-12(8-6-11)13(15)9-10-14(16)17/h5-8H,2-4H2,1H3,(H,16,17). The second-order valence-corrected chi connectivity index (χ2v) is 3.68. The van der Waals surface area contributed by atoms with E-state index in [1.165, 1.54) is 5.56 Å². The molecule has 0 saturated carbocycles. The van der Waals surface area contributed by atoms with Gasteiger partial charge in [-0.2, -0.15) is 0 Å². The summed E-state index contributed by atoms with van der Waals surface area (Å²) in [5.41, 5.74) is 1.61. The topological polar surface area (TPSA) is 54.4 Å². The number of rotatable bonds is 4. The first-order valence-electron chi connectivity index (χ1n) is 5.51. The Balaban J connectivity index is 2.71. The number of Topliss-reactive ketones (excluding diaryl/α,β-unsaturated/α-hetero) is 1. The van der Waals surface area contributed by atoms with Crippen molar-refractivity contribution >= 4 is 11.8 Å². The summed E-state index contributed by atoms with van der Waals surface area (Å²) in [4.78, 5) is 21.6. The largest absolute Gasteiger partial charge is 0.472 e. The number of carboxylic acid groups (broad SMARTS) is 1. The van der Waals surface area contributed by atoms with Crippen LogP contribution in [0.15, 0.2) is 24.3 Å². The van der Waals surface area contributed by atoms with Crippen molar-refractivity contribution in [1.82, 2.24) is 0 Å². The molecule has 1 rings (SSSR count). The lowest BCUT2D eigenvalue weighted by Gasteiger charge is -2.00. The third-order valence-electron chi connectivity index (χ3n) is 2.32. The van der Waals surface area contributed by atoms with Crippen molar-refractivity contribution < 1.29 is 14.7 Å². The van der Waals surface area contributed by atoms with Crippen LogP contribution in [0.25, 0.3) is 0 Å². The lowest BCUT2D eigenvalue weighted by molar-refractivity contribution is -0.130. The molecule has 0 unspecified atom stereocenters. The molecule has 0 fully saturated rings. The van der Waals surface area contributed by atoms with E-state index >= 15 is 0 Å². The summed E-state index contributed by atoms with van der Waals surface area (Å²) in [5, 5.41) is 8.32. The van der Waals surface area contributed by atoms with Gasteiger partial charge in [0.1, 0.15) is 0 Å². The minimum Gasteiger partial charge on any atom is -0.472 e. The molecule has 0 aliphatic rings. The van der Waals surface area contributed by atoms with Gasteiger partial charge >= 0.3 is 5.97 Å². The fourth-order valence-electron chi connectivity index (χ4n) is 1.39. The number of hydrogen-bond donors (Lipinski definition) is 1. The predicted molar refractivity (Wildman–Crippen MR) is 64.8 cm³/mol. The zero-order valence-corrected chi connectivity index (χ0v) is 9.69. The maximum Gasteiger partial charge on any atom is 0.382 e. The number of aryl methyl sites for hydroxylation is 1. The summed E-state index contributed by atoms with van der Waals surface area (Å²) in [6.07, 6.45) is 3.24. The molecule has 17 heavy (non-hydrogen) atoms. The smallest absolute Gasteiger partial charge is 0.382 e. The van der Waals surface area contributed by atoms with Gasteiger partial charge in [-0.1, -0.05) is 37.6 Å². The van der Waals surface area contributed by atoms with Crippen molar-refractivity contribution in [1.29, 1.82) is 0 Å². The highest BCUT2D eigenvalue weighted by Gasteiger charge is 2.02. The first kappa shape index (κ1) is 13.0. The van der Waals surface area contributed by atoms with E-state index in [2.05, 4.69) is 12.8 Å². The number of aliphatic carboxylic acids is 1. The first-order chi connectivity index (χ1) is 8.13. The molecule has 0 atom stereocenters. The van der Waals surface area contributed by atoms with Gasteiger partial charge in [0.25, 0.3) is 0 Å². The van der Waals surface area contributed by atoms with Gasteiger partial charge in [0.2, 0.25) is 5.78 Å². The van der Waals surface area contributed by atoms with E-state index in [1.54, 1.807) is 12.1 Å². The molecule has 3 nitrogen and oxygen atoms in total. The Morgan fingerprint density at radius 1 is 1.18 bits per heavy atom. The lowest BCUT2D eigenvalue weighted by atomic mass is 10.0. The molecule has 0 radical (unpaired) electrons. The van der Waals surface area contributed by atoms with E-state index in [0.29, 0.717) is 5.56 Å². The Labute approximate surface area is 100 Å². The Hall–Kier alpha value is -2.08. The monoisotopic (exact) mass is 230 g/mol. The molecule has 1 aromatic carbocycles. The van der Waals surface area contributed by atoms with E-state index in [0.717, 1.165) is 19.3 Å². The average molecular weight is 230 g/mol. The van der Waals surface area contributed by atoms with Crippen molar-refractivity contribution in [3.05, 3.63) is 35.4 Å². The highest BCUT2D eigenvalue weighted by Crippen LogP contribution is 2.08. The molecule has 0 amide bonds. The van der Waals surface area contributed by atoms with Crippen LogP contribution in [0.3, 0.4) is 0 Å². The van der Waals surface area contributed by atoms with Gasteiger partial charge in [0, 0.05) is 11.5 Å². The zero-order chi connectivity index (χ0) is 12.7. The molecule has 0 aliphatic heterocycles. The average Bonchev–Trinajstić information content (AvgIpc) is 2.34. The second kappa shape index (κ2) is 6.49. The van der Waals surface area contributed by atoms with Crippen molar-refractivity contribution in [3.63, 3.8) is 0 Å². The summed E-state index contributed by atoms with van der Waals surface area (Å²) >= 11 is 0. The highest BCUT2D eigenvalue weighted by molar-refractivity contribution is 6.11. The Morgan fingerprint density at radius 2 is 1.82 bits per heavy atom. The molecule has 0 saturated heterocycles. The van der Waals surface area contributed by atoms with Crippen LogP contribution in [0.5, 0.6) is 0 Å². The summed E-state index contributed by atoms with van der Waals surface area (Å²) in [5.74, 6) is 2.13. The van der Waals surface area contributed by atoms with Gasteiger partial charge in [-0.05, 0) is 24.3 Å². The quantitative estimate of drug-likeness (QED) is 0.490. The second-order valence-electron chi connectivity index (χ2n) is 3.68. The fourth-order valence-corrected chi connectivity index (χ4v) is 1.39. The van der Waals surface area contributed by atoms with Crippen LogP contribution in [0.2, 0.25) is 0 Å². The summed E-state index contributed by atoms with van der Waals surface area (Å²) < 4.78 is 0. The molecule has 0 spiro atoms. The summed E-state index contributed by atoms with van der Waals surface area (Å²) in [6.45, 7) is 2.12. The number of carboxylic acids is 1. The maximum atomic E-state index is 11.4. The molecule has 3 heteroatoms. The van der Waals surface area contributed by atoms with Crippen LogP contribution in [-0.4, -0.2) is 16.9 Å². The van der Waals surface area contributed by atoms with Gasteiger partial charge in [0.15, 0.2) is 0 Å². The highest BCUT2D eigenvalue weighted by atomic mass is 16.4. The van der Waals surface area contributed by atoms with Gasteiger partial charge in [-0.25, -0.2) is 4.79 Å².